The number of benzene rings is 1. The van der Waals surface area contributed by atoms with Gasteiger partial charge in [0, 0.05) is 17.0 Å². The molecule has 1 aliphatic heterocycles. The van der Waals surface area contributed by atoms with E-state index in [1.165, 1.54) is 12.1 Å². The summed E-state index contributed by atoms with van der Waals surface area (Å²) >= 11 is 6.07. The van der Waals surface area contributed by atoms with Crippen molar-refractivity contribution in [2.75, 3.05) is 19.7 Å². The molecule has 0 aliphatic carbocycles. The molecule has 1 unspecified atom stereocenters. The number of aliphatic hydroxyl groups is 1. The Bertz CT molecular complexity index is 391. The third-order valence-corrected chi connectivity index (χ3v) is 3.84. The first-order valence-electron chi connectivity index (χ1n) is 5.91. The summed E-state index contributed by atoms with van der Waals surface area (Å²) in [5, 5.41) is 13.4. The van der Waals surface area contributed by atoms with E-state index in [4.69, 9.17) is 11.6 Å². The van der Waals surface area contributed by atoms with Crippen LogP contribution in [-0.4, -0.2) is 24.8 Å². The van der Waals surface area contributed by atoms with Crippen LogP contribution in [-0.2, 0) is 6.42 Å². The largest absolute Gasteiger partial charge is 0.396 e. The van der Waals surface area contributed by atoms with Crippen LogP contribution >= 0.6 is 11.6 Å². The maximum Gasteiger partial charge on any atom is 0.123 e. The smallest absolute Gasteiger partial charge is 0.123 e. The van der Waals surface area contributed by atoms with Gasteiger partial charge in [-0.15, -0.1) is 0 Å². The zero-order valence-electron chi connectivity index (χ0n) is 9.68. The fourth-order valence-electron chi connectivity index (χ4n) is 2.45. The molecule has 0 bridgehead atoms. The van der Waals surface area contributed by atoms with Crippen molar-refractivity contribution in [3.63, 3.8) is 0 Å². The van der Waals surface area contributed by atoms with Crippen LogP contribution in [0.5, 0.6) is 0 Å². The Labute approximate surface area is 106 Å². The van der Waals surface area contributed by atoms with Crippen LogP contribution < -0.4 is 5.32 Å². The van der Waals surface area contributed by atoms with Gasteiger partial charge in [-0.2, -0.15) is 0 Å². The van der Waals surface area contributed by atoms with Gasteiger partial charge in [-0.3, -0.25) is 0 Å². The number of rotatable bonds is 3. The monoisotopic (exact) mass is 257 g/mol. The van der Waals surface area contributed by atoms with Gasteiger partial charge in [0.05, 0.1) is 6.61 Å². The fourth-order valence-corrected chi connectivity index (χ4v) is 2.64. The van der Waals surface area contributed by atoms with Crippen molar-refractivity contribution in [1.29, 1.82) is 0 Å². The summed E-state index contributed by atoms with van der Waals surface area (Å²) in [6.45, 7) is 1.85. The Morgan fingerprint density at radius 1 is 1.47 bits per heavy atom. The van der Waals surface area contributed by atoms with Crippen LogP contribution in [0.3, 0.4) is 0 Å². The zero-order valence-corrected chi connectivity index (χ0v) is 10.4. The molecule has 1 aromatic rings. The summed E-state index contributed by atoms with van der Waals surface area (Å²) in [6, 6.07) is 4.40. The topological polar surface area (TPSA) is 32.3 Å². The van der Waals surface area contributed by atoms with Crippen molar-refractivity contribution < 1.29 is 9.50 Å². The molecule has 1 saturated heterocycles. The molecule has 1 aromatic carbocycles. The van der Waals surface area contributed by atoms with Crippen molar-refractivity contribution in [3.05, 3.63) is 34.6 Å². The van der Waals surface area contributed by atoms with E-state index >= 15 is 0 Å². The number of hydrogen-bond acceptors (Lipinski definition) is 2. The average molecular weight is 258 g/mol. The molecule has 2 nitrogen and oxygen atoms in total. The van der Waals surface area contributed by atoms with Crippen LogP contribution in [0.1, 0.15) is 18.4 Å². The molecule has 17 heavy (non-hydrogen) atoms. The molecule has 2 rings (SSSR count). The predicted octanol–water partition coefficient (Wildman–Crippen LogP) is 2.38. The maximum absolute atomic E-state index is 13.2. The highest BCUT2D eigenvalue weighted by Gasteiger charge is 2.32. The minimum atomic E-state index is -0.277. The van der Waals surface area contributed by atoms with Crippen molar-refractivity contribution >= 4 is 11.6 Å². The highest BCUT2D eigenvalue weighted by Crippen LogP contribution is 2.32. The highest BCUT2D eigenvalue weighted by molar-refractivity contribution is 6.31. The van der Waals surface area contributed by atoms with Gasteiger partial charge in [0.25, 0.3) is 0 Å². The lowest BCUT2D eigenvalue weighted by molar-refractivity contribution is 0.0947. The average Bonchev–Trinajstić information content (AvgIpc) is 2.35. The van der Waals surface area contributed by atoms with Gasteiger partial charge in [-0.05, 0) is 49.6 Å². The van der Waals surface area contributed by atoms with E-state index in [2.05, 4.69) is 5.32 Å². The SMILES string of the molecule is OCC1(Cc2cc(F)ccc2Cl)CCCNC1. The Morgan fingerprint density at radius 3 is 2.94 bits per heavy atom. The Morgan fingerprint density at radius 2 is 2.29 bits per heavy atom. The van der Waals surface area contributed by atoms with Crippen LogP contribution in [0.25, 0.3) is 0 Å². The van der Waals surface area contributed by atoms with Crippen LogP contribution in [0.15, 0.2) is 18.2 Å². The summed E-state index contributed by atoms with van der Waals surface area (Å²) in [7, 11) is 0. The van der Waals surface area contributed by atoms with E-state index in [0.717, 1.165) is 31.5 Å². The van der Waals surface area contributed by atoms with Gasteiger partial charge < -0.3 is 10.4 Å². The minimum absolute atomic E-state index is 0.104. The molecule has 0 aromatic heterocycles. The molecule has 0 radical (unpaired) electrons. The van der Waals surface area contributed by atoms with Crippen molar-refractivity contribution in [1.82, 2.24) is 5.32 Å². The normalized spacial score (nSPS) is 24.9. The third-order valence-electron chi connectivity index (χ3n) is 3.47. The molecular formula is C13H17ClFNO. The van der Waals surface area contributed by atoms with Crippen LogP contribution in [0.2, 0.25) is 5.02 Å². The maximum atomic E-state index is 13.2. The van der Waals surface area contributed by atoms with E-state index in [9.17, 15) is 9.50 Å². The molecule has 1 heterocycles. The first-order valence-corrected chi connectivity index (χ1v) is 6.29. The molecule has 1 fully saturated rings. The second-order valence-corrected chi connectivity index (χ2v) is 5.26. The van der Waals surface area contributed by atoms with Gasteiger partial charge in [0.2, 0.25) is 0 Å². The second kappa shape index (κ2) is 5.34. The van der Waals surface area contributed by atoms with Crippen molar-refractivity contribution in [2.24, 2.45) is 5.41 Å². The summed E-state index contributed by atoms with van der Waals surface area (Å²) in [4.78, 5) is 0. The van der Waals surface area contributed by atoms with E-state index in [-0.39, 0.29) is 17.8 Å². The number of aliphatic hydroxyl groups excluding tert-OH is 1. The first-order chi connectivity index (χ1) is 8.15. The zero-order chi connectivity index (χ0) is 12.3. The van der Waals surface area contributed by atoms with E-state index in [1.807, 2.05) is 0 Å². The quantitative estimate of drug-likeness (QED) is 0.872. The molecule has 1 atom stereocenters. The first kappa shape index (κ1) is 12.8. The van der Waals surface area contributed by atoms with Gasteiger partial charge in [-0.1, -0.05) is 11.6 Å². The van der Waals surface area contributed by atoms with Crippen molar-refractivity contribution in [3.8, 4) is 0 Å². The van der Waals surface area contributed by atoms with Crippen LogP contribution in [0, 0.1) is 11.2 Å². The Kier molecular flexibility index (Phi) is 4.02. The van der Waals surface area contributed by atoms with Gasteiger partial charge in [-0.25, -0.2) is 4.39 Å². The van der Waals surface area contributed by atoms with Crippen molar-refractivity contribution in [2.45, 2.75) is 19.3 Å². The lowest BCUT2D eigenvalue weighted by Crippen LogP contribution is -2.44. The Hall–Kier alpha value is -0.640. The number of nitrogens with one attached hydrogen (secondary N) is 1. The van der Waals surface area contributed by atoms with Gasteiger partial charge >= 0.3 is 0 Å². The molecular weight excluding hydrogens is 241 g/mol. The van der Waals surface area contributed by atoms with Gasteiger partial charge in [0.15, 0.2) is 0 Å². The fraction of sp³-hybridized carbons (Fsp3) is 0.538. The highest BCUT2D eigenvalue weighted by atomic mass is 35.5. The second-order valence-electron chi connectivity index (χ2n) is 4.85. The minimum Gasteiger partial charge on any atom is -0.396 e. The third kappa shape index (κ3) is 2.97. The van der Waals surface area contributed by atoms with E-state index in [0.29, 0.717) is 11.4 Å². The number of halogens is 2. The summed E-state index contributed by atoms with van der Waals surface area (Å²) in [5.41, 5.74) is 0.583. The number of hydrogen-bond donors (Lipinski definition) is 2. The summed E-state index contributed by atoms with van der Waals surface area (Å²) < 4.78 is 13.2. The number of piperidine rings is 1. The van der Waals surface area contributed by atoms with Crippen LogP contribution in [0.4, 0.5) is 4.39 Å². The molecule has 4 heteroatoms. The standard InChI is InChI=1S/C13H17ClFNO/c14-12-3-2-11(15)6-10(12)7-13(9-17)4-1-5-16-8-13/h2-3,6,16-17H,1,4-5,7-9H2. The molecule has 1 aliphatic rings. The predicted molar refractivity (Wildman–Crippen MR) is 66.7 cm³/mol. The molecule has 0 amide bonds. The van der Waals surface area contributed by atoms with E-state index < -0.39 is 0 Å². The lowest BCUT2D eigenvalue weighted by atomic mass is 9.76. The Balaban J connectivity index is 2.20. The molecule has 94 valence electrons. The molecule has 0 spiro atoms. The molecule has 0 saturated carbocycles. The lowest BCUT2D eigenvalue weighted by Gasteiger charge is -2.36. The summed E-state index contributed by atoms with van der Waals surface area (Å²) in [6.07, 6.45) is 2.60. The summed E-state index contributed by atoms with van der Waals surface area (Å²) in [5.74, 6) is -0.277. The van der Waals surface area contributed by atoms with E-state index in [1.54, 1.807) is 6.07 Å². The molecule has 2 N–H and O–H groups in total. The van der Waals surface area contributed by atoms with Gasteiger partial charge in [0.1, 0.15) is 5.82 Å².